The Hall–Kier alpha value is -0.160. The van der Waals surface area contributed by atoms with Gasteiger partial charge >= 0.3 is 14.2 Å². The van der Waals surface area contributed by atoms with E-state index in [-0.39, 0.29) is 0 Å². The second-order valence-electron chi connectivity index (χ2n) is 1.61. The zero-order valence-electron chi connectivity index (χ0n) is 5.07. The molecule has 0 rings (SSSR count). The topological polar surface area (TPSA) is 26.3 Å². The van der Waals surface area contributed by atoms with E-state index in [9.17, 15) is 26.1 Å². The van der Waals surface area contributed by atoms with Crippen molar-refractivity contribution in [2.45, 2.75) is 12.6 Å². The molecule has 0 heterocycles. The molecule has 0 amide bonds. The Bertz CT molecular complexity index is 160. The number of hydrogen-bond donors (Lipinski definition) is 0. The largest absolute Gasteiger partial charge is 0.551 e. The standard InChI is InChI=1S/C3H4F5O2P/c4-3(5,6)1-2-10-11(7,8)9/h1-2H2. The highest BCUT2D eigenvalue weighted by Crippen LogP contribution is 2.50. The molecule has 0 bridgehead atoms. The molecule has 11 heavy (non-hydrogen) atoms. The highest BCUT2D eigenvalue weighted by atomic mass is 31.2. The average Bonchev–Trinajstić information content (AvgIpc) is 1.55. The van der Waals surface area contributed by atoms with E-state index < -0.39 is 27.2 Å². The van der Waals surface area contributed by atoms with Crippen LogP contribution in [0.3, 0.4) is 0 Å². The lowest BCUT2D eigenvalue weighted by Gasteiger charge is -2.04. The Morgan fingerprint density at radius 2 is 1.73 bits per heavy atom. The number of rotatable bonds is 3. The molecule has 0 saturated heterocycles. The summed E-state index contributed by atoms with van der Waals surface area (Å²) in [5, 5.41) is 0. The lowest BCUT2D eigenvalue weighted by atomic mass is 10.5. The Morgan fingerprint density at radius 3 is 2.00 bits per heavy atom. The van der Waals surface area contributed by atoms with Gasteiger partial charge in [0, 0.05) is 0 Å². The smallest absolute Gasteiger partial charge is 0.280 e. The van der Waals surface area contributed by atoms with Crippen LogP contribution in [0.4, 0.5) is 21.6 Å². The van der Waals surface area contributed by atoms with E-state index in [4.69, 9.17) is 0 Å². The molecule has 8 heteroatoms. The summed E-state index contributed by atoms with van der Waals surface area (Å²) < 4.78 is 68.7. The molecule has 0 aliphatic heterocycles. The maximum Gasteiger partial charge on any atom is 0.551 e. The van der Waals surface area contributed by atoms with E-state index in [2.05, 4.69) is 4.52 Å². The molecule has 0 aliphatic carbocycles. The quantitative estimate of drug-likeness (QED) is 0.514. The molecule has 2 nitrogen and oxygen atoms in total. The van der Waals surface area contributed by atoms with Crippen molar-refractivity contribution >= 4 is 7.99 Å². The lowest BCUT2D eigenvalue weighted by molar-refractivity contribution is -0.139. The summed E-state index contributed by atoms with van der Waals surface area (Å²) in [6.07, 6.45) is -6.08. The third-order valence-electron chi connectivity index (χ3n) is 0.627. The van der Waals surface area contributed by atoms with Crippen molar-refractivity contribution in [1.82, 2.24) is 0 Å². The van der Waals surface area contributed by atoms with E-state index in [0.29, 0.717) is 0 Å². The van der Waals surface area contributed by atoms with Gasteiger partial charge in [-0.05, 0) is 0 Å². The predicted octanol–water partition coefficient (Wildman–Crippen LogP) is 3.00. The maximum atomic E-state index is 11.3. The van der Waals surface area contributed by atoms with Gasteiger partial charge in [-0.15, -0.1) is 8.39 Å². The van der Waals surface area contributed by atoms with Crippen LogP contribution in [0.25, 0.3) is 0 Å². The molecular weight excluding hydrogens is 194 g/mol. The van der Waals surface area contributed by atoms with Gasteiger partial charge in [0.2, 0.25) is 0 Å². The third kappa shape index (κ3) is 9.84. The Morgan fingerprint density at radius 1 is 1.27 bits per heavy atom. The van der Waals surface area contributed by atoms with Gasteiger partial charge in [-0.1, -0.05) is 0 Å². The monoisotopic (exact) mass is 198 g/mol. The highest BCUT2D eigenvalue weighted by Gasteiger charge is 2.29. The summed E-state index contributed by atoms with van der Waals surface area (Å²) in [6.45, 7) is -1.27. The number of hydrogen-bond acceptors (Lipinski definition) is 2. The van der Waals surface area contributed by atoms with Crippen molar-refractivity contribution < 1.29 is 30.7 Å². The van der Waals surface area contributed by atoms with E-state index in [1.807, 2.05) is 0 Å². The van der Waals surface area contributed by atoms with Crippen molar-refractivity contribution in [3.63, 3.8) is 0 Å². The van der Waals surface area contributed by atoms with Crippen molar-refractivity contribution in [1.29, 1.82) is 0 Å². The summed E-state index contributed by atoms with van der Waals surface area (Å²) in [6, 6.07) is 0. The van der Waals surface area contributed by atoms with Crippen molar-refractivity contribution in [3.8, 4) is 0 Å². The molecule has 0 aromatic heterocycles. The zero-order chi connectivity index (χ0) is 9.12. The fourth-order valence-electron chi connectivity index (χ4n) is 0.268. The van der Waals surface area contributed by atoms with Gasteiger partial charge in [0.15, 0.2) is 0 Å². The first-order valence-electron chi connectivity index (χ1n) is 2.41. The van der Waals surface area contributed by atoms with Crippen LogP contribution in [0, 0.1) is 0 Å². The molecule has 0 aromatic carbocycles. The molecule has 0 aromatic rings. The van der Waals surface area contributed by atoms with E-state index in [1.165, 1.54) is 0 Å². The number of alkyl halides is 3. The van der Waals surface area contributed by atoms with E-state index in [0.717, 1.165) is 0 Å². The Labute approximate surface area is 59.0 Å². The molecule has 0 spiro atoms. The highest BCUT2D eigenvalue weighted by molar-refractivity contribution is 7.47. The minimum absolute atomic E-state index is 1.27. The summed E-state index contributed by atoms with van der Waals surface area (Å²) >= 11 is 0. The summed E-state index contributed by atoms with van der Waals surface area (Å²) in [7, 11) is -5.75. The molecule has 0 N–H and O–H groups in total. The lowest BCUT2D eigenvalue weighted by Crippen LogP contribution is -2.10. The SMILES string of the molecule is O=P(F)(F)OCCC(F)(F)F. The van der Waals surface area contributed by atoms with Gasteiger partial charge < -0.3 is 0 Å². The molecule has 0 aliphatic rings. The van der Waals surface area contributed by atoms with Crippen molar-refractivity contribution in [3.05, 3.63) is 0 Å². The van der Waals surface area contributed by atoms with Crippen LogP contribution in [-0.2, 0) is 9.09 Å². The van der Waals surface area contributed by atoms with Gasteiger partial charge in [-0.25, -0.2) is 4.57 Å². The van der Waals surface area contributed by atoms with Crippen LogP contribution < -0.4 is 0 Å². The molecule has 0 fully saturated rings. The first-order chi connectivity index (χ1) is 4.71. The molecule has 0 atom stereocenters. The van der Waals surface area contributed by atoms with Crippen LogP contribution in [0.5, 0.6) is 0 Å². The van der Waals surface area contributed by atoms with Crippen LogP contribution in [0.1, 0.15) is 6.42 Å². The molecule has 0 unspecified atom stereocenters. The average molecular weight is 198 g/mol. The minimum atomic E-state index is -5.75. The molecule has 68 valence electrons. The Kier molecular flexibility index (Phi) is 3.44. The second-order valence-corrected chi connectivity index (χ2v) is 2.70. The molecular formula is C3H4F5O2P. The fraction of sp³-hybridized carbons (Fsp3) is 1.00. The van der Waals surface area contributed by atoms with E-state index in [1.54, 1.807) is 0 Å². The molecule has 0 radical (unpaired) electrons. The predicted molar refractivity (Wildman–Crippen MR) is 26.4 cm³/mol. The summed E-state index contributed by atoms with van der Waals surface area (Å²) in [5.74, 6) is 0. The summed E-state index contributed by atoms with van der Waals surface area (Å²) in [4.78, 5) is 0. The van der Waals surface area contributed by atoms with Gasteiger partial charge in [0.05, 0.1) is 13.0 Å². The van der Waals surface area contributed by atoms with Crippen LogP contribution in [0.2, 0.25) is 0 Å². The minimum Gasteiger partial charge on any atom is -0.280 e. The van der Waals surface area contributed by atoms with Gasteiger partial charge in [-0.3, -0.25) is 4.52 Å². The number of halogens is 5. The van der Waals surface area contributed by atoms with Crippen molar-refractivity contribution in [2.75, 3.05) is 6.61 Å². The summed E-state index contributed by atoms with van der Waals surface area (Å²) in [5.41, 5.74) is 0. The first kappa shape index (κ1) is 10.8. The van der Waals surface area contributed by atoms with Gasteiger partial charge in [-0.2, -0.15) is 13.2 Å². The third-order valence-corrected chi connectivity index (χ3v) is 1.11. The second kappa shape index (κ2) is 3.49. The van der Waals surface area contributed by atoms with Gasteiger partial charge in [0.1, 0.15) is 0 Å². The first-order valence-corrected chi connectivity index (χ1v) is 3.82. The van der Waals surface area contributed by atoms with Crippen molar-refractivity contribution in [2.24, 2.45) is 0 Å². The van der Waals surface area contributed by atoms with Crippen LogP contribution in [-0.4, -0.2) is 12.8 Å². The van der Waals surface area contributed by atoms with Crippen LogP contribution >= 0.6 is 7.99 Å². The normalized spacial score (nSPS) is 13.5. The van der Waals surface area contributed by atoms with Gasteiger partial charge in [0.25, 0.3) is 0 Å². The van der Waals surface area contributed by atoms with E-state index >= 15 is 0 Å². The van der Waals surface area contributed by atoms with Crippen LogP contribution in [0.15, 0.2) is 0 Å². The fourth-order valence-corrected chi connectivity index (χ4v) is 0.571. The zero-order valence-corrected chi connectivity index (χ0v) is 5.96. The maximum absolute atomic E-state index is 11.3. The Balaban J connectivity index is 3.52. The molecule has 0 saturated carbocycles.